The summed E-state index contributed by atoms with van der Waals surface area (Å²) in [6, 6.07) is 5.60. The molecule has 1 saturated heterocycles. The maximum absolute atomic E-state index is 12.7. The number of hydrogen-bond acceptors (Lipinski definition) is 7. The Bertz CT molecular complexity index is 964. The molecule has 0 spiro atoms. The van der Waals surface area contributed by atoms with Crippen LogP contribution in [0.25, 0.3) is 11.1 Å². The Balaban J connectivity index is 0.00000225. The van der Waals surface area contributed by atoms with Crippen molar-refractivity contribution in [3.05, 3.63) is 35.5 Å². The van der Waals surface area contributed by atoms with Gasteiger partial charge < -0.3 is 19.8 Å². The minimum atomic E-state index is -0.285. The first-order valence-electron chi connectivity index (χ1n) is 8.98. The minimum Gasteiger partial charge on any atom is -0.438 e. The van der Waals surface area contributed by atoms with Crippen LogP contribution in [0.2, 0.25) is 0 Å². The van der Waals surface area contributed by atoms with E-state index in [4.69, 9.17) is 9.15 Å². The zero-order valence-electron chi connectivity index (χ0n) is 15.8. The van der Waals surface area contributed by atoms with E-state index >= 15 is 0 Å². The number of ether oxygens (including phenoxy) is 1. The van der Waals surface area contributed by atoms with Crippen molar-refractivity contribution in [2.75, 3.05) is 25.5 Å². The first-order chi connectivity index (χ1) is 13.2. The number of piperidine rings is 1. The van der Waals surface area contributed by atoms with Gasteiger partial charge in [-0.15, -0.1) is 17.5 Å². The number of carbonyl (C=O) groups is 1. The van der Waals surface area contributed by atoms with Gasteiger partial charge in [-0.2, -0.15) is 0 Å². The Hall–Kier alpha value is -2.49. The van der Waals surface area contributed by atoms with Gasteiger partial charge in [0, 0.05) is 12.8 Å². The Morgan fingerprint density at radius 2 is 2.18 bits per heavy atom. The summed E-state index contributed by atoms with van der Waals surface area (Å²) in [5.41, 5.74) is 3.06. The largest absolute Gasteiger partial charge is 0.438 e. The first kappa shape index (κ1) is 20.2. The average molecular weight is 407 g/mol. The van der Waals surface area contributed by atoms with Gasteiger partial charge in [-0.1, -0.05) is 5.21 Å². The normalized spacial score (nSPS) is 14.8. The van der Waals surface area contributed by atoms with Gasteiger partial charge in [0.1, 0.15) is 12.1 Å². The topological polar surface area (TPSA) is 107 Å². The fraction of sp³-hybridized carbons (Fsp3) is 0.444. The second-order valence-corrected chi connectivity index (χ2v) is 6.63. The van der Waals surface area contributed by atoms with Crippen LogP contribution in [0.4, 0.5) is 5.69 Å². The highest BCUT2D eigenvalue weighted by atomic mass is 35.5. The number of aromatic nitrogens is 4. The Kier molecular flexibility index (Phi) is 6.28. The highest BCUT2D eigenvalue weighted by Gasteiger charge is 2.23. The van der Waals surface area contributed by atoms with Crippen LogP contribution in [0.5, 0.6) is 0 Å². The third-order valence-electron chi connectivity index (χ3n) is 4.75. The molecule has 1 aromatic carbocycles. The third-order valence-corrected chi connectivity index (χ3v) is 4.75. The lowest BCUT2D eigenvalue weighted by Gasteiger charge is -2.23. The molecule has 1 amide bonds. The molecule has 3 heterocycles. The summed E-state index contributed by atoms with van der Waals surface area (Å²) in [5.74, 6) is 0.212. The molecule has 0 radical (unpaired) electrons. The van der Waals surface area contributed by atoms with Crippen molar-refractivity contribution in [1.29, 1.82) is 0 Å². The van der Waals surface area contributed by atoms with Crippen molar-refractivity contribution in [3.8, 4) is 0 Å². The second kappa shape index (κ2) is 8.68. The first-order valence-corrected chi connectivity index (χ1v) is 8.98. The van der Waals surface area contributed by atoms with E-state index in [-0.39, 0.29) is 24.4 Å². The second-order valence-electron chi connectivity index (χ2n) is 6.63. The lowest BCUT2D eigenvalue weighted by molar-refractivity contribution is 0.102. The summed E-state index contributed by atoms with van der Waals surface area (Å²) in [6.07, 6.45) is 1.97. The molecule has 1 fully saturated rings. The lowest BCUT2D eigenvalue weighted by atomic mass is 10.1. The van der Waals surface area contributed by atoms with Gasteiger partial charge >= 0.3 is 0 Å². The summed E-state index contributed by atoms with van der Waals surface area (Å²) in [7, 11) is 1.58. The maximum Gasteiger partial charge on any atom is 0.278 e. The van der Waals surface area contributed by atoms with Crippen molar-refractivity contribution in [2.45, 2.75) is 32.4 Å². The number of amides is 1. The van der Waals surface area contributed by atoms with Gasteiger partial charge in [-0.3, -0.25) is 4.79 Å². The van der Waals surface area contributed by atoms with Crippen LogP contribution >= 0.6 is 12.4 Å². The summed E-state index contributed by atoms with van der Waals surface area (Å²) in [4.78, 5) is 17.0. The van der Waals surface area contributed by atoms with E-state index in [0.717, 1.165) is 31.6 Å². The van der Waals surface area contributed by atoms with Crippen LogP contribution in [-0.2, 0) is 11.3 Å². The zero-order chi connectivity index (χ0) is 18.8. The third kappa shape index (κ3) is 4.01. The molecule has 10 heteroatoms. The van der Waals surface area contributed by atoms with Gasteiger partial charge in [-0.25, -0.2) is 9.67 Å². The predicted molar refractivity (Wildman–Crippen MR) is 106 cm³/mol. The summed E-state index contributed by atoms with van der Waals surface area (Å²) >= 11 is 0. The quantitative estimate of drug-likeness (QED) is 0.670. The van der Waals surface area contributed by atoms with E-state index < -0.39 is 0 Å². The number of oxazole rings is 1. The standard InChI is InChI=1S/C18H22N6O3.ClH/c1-11-17(22-23-24(11)13-5-7-19-8-6-13)18(25)20-12-3-4-15-14(9-12)21-16(27-15)10-26-2;/h3-4,9,13,19H,5-8,10H2,1-2H3,(H,20,25);1H. The number of carbonyl (C=O) groups excluding carboxylic acids is 1. The number of fused-ring (bicyclic) bond motifs is 1. The average Bonchev–Trinajstić information content (AvgIpc) is 3.25. The van der Waals surface area contributed by atoms with E-state index in [1.807, 2.05) is 11.6 Å². The molecular formula is C18H23ClN6O3. The van der Waals surface area contributed by atoms with Crippen molar-refractivity contribution < 1.29 is 13.9 Å². The molecular weight excluding hydrogens is 384 g/mol. The Labute approximate surface area is 168 Å². The fourth-order valence-electron chi connectivity index (χ4n) is 3.38. The lowest BCUT2D eigenvalue weighted by Crippen LogP contribution is -2.30. The minimum absolute atomic E-state index is 0. The van der Waals surface area contributed by atoms with E-state index in [1.54, 1.807) is 25.3 Å². The zero-order valence-corrected chi connectivity index (χ0v) is 16.6. The molecule has 0 unspecified atom stereocenters. The van der Waals surface area contributed by atoms with Crippen molar-refractivity contribution in [3.63, 3.8) is 0 Å². The van der Waals surface area contributed by atoms with Crippen molar-refractivity contribution in [1.82, 2.24) is 25.3 Å². The van der Waals surface area contributed by atoms with Crippen LogP contribution in [0.3, 0.4) is 0 Å². The van der Waals surface area contributed by atoms with E-state index in [9.17, 15) is 4.79 Å². The smallest absolute Gasteiger partial charge is 0.278 e. The van der Waals surface area contributed by atoms with E-state index in [2.05, 4.69) is 25.9 Å². The van der Waals surface area contributed by atoms with Crippen molar-refractivity contribution >= 4 is 35.1 Å². The van der Waals surface area contributed by atoms with Crippen LogP contribution in [-0.4, -0.2) is 46.1 Å². The Morgan fingerprint density at radius 1 is 1.39 bits per heavy atom. The number of benzene rings is 1. The summed E-state index contributed by atoms with van der Waals surface area (Å²) < 4.78 is 12.5. The van der Waals surface area contributed by atoms with E-state index in [0.29, 0.717) is 35.0 Å². The van der Waals surface area contributed by atoms with Crippen LogP contribution in [0.1, 0.15) is 41.0 Å². The number of halogens is 1. The van der Waals surface area contributed by atoms with Gasteiger partial charge in [-0.05, 0) is 51.1 Å². The SMILES string of the molecule is COCc1nc2cc(NC(=O)c3nnn(C4CCNCC4)c3C)ccc2o1.Cl. The van der Waals surface area contributed by atoms with Crippen LogP contribution in [0.15, 0.2) is 22.6 Å². The molecule has 0 bridgehead atoms. The monoisotopic (exact) mass is 406 g/mol. The molecule has 28 heavy (non-hydrogen) atoms. The van der Waals surface area contributed by atoms with Gasteiger partial charge in [0.15, 0.2) is 11.3 Å². The maximum atomic E-state index is 12.7. The van der Waals surface area contributed by atoms with Crippen molar-refractivity contribution in [2.24, 2.45) is 0 Å². The van der Waals surface area contributed by atoms with Gasteiger partial charge in [0.25, 0.3) is 5.91 Å². The van der Waals surface area contributed by atoms with Crippen LogP contribution in [0, 0.1) is 6.92 Å². The van der Waals surface area contributed by atoms with Gasteiger partial charge in [0.05, 0.1) is 11.7 Å². The summed E-state index contributed by atoms with van der Waals surface area (Å²) in [6.45, 7) is 4.09. The molecule has 1 aliphatic rings. The molecule has 1 aliphatic heterocycles. The molecule has 0 atom stereocenters. The molecule has 150 valence electrons. The number of nitrogens with one attached hydrogen (secondary N) is 2. The highest BCUT2D eigenvalue weighted by Crippen LogP contribution is 2.23. The number of nitrogens with zero attached hydrogens (tertiary/aromatic N) is 4. The predicted octanol–water partition coefficient (Wildman–Crippen LogP) is 2.47. The molecule has 0 saturated carbocycles. The van der Waals surface area contributed by atoms with Gasteiger partial charge in [0.2, 0.25) is 5.89 Å². The number of anilines is 1. The number of hydrogen-bond donors (Lipinski definition) is 2. The van der Waals surface area contributed by atoms with E-state index in [1.165, 1.54) is 0 Å². The molecule has 2 N–H and O–H groups in total. The number of rotatable bonds is 5. The molecule has 4 rings (SSSR count). The fourth-order valence-corrected chi connectivity index (χ4v) is 3.38. The summed E-state index contributed by atoms with van der Waals surface area (Å²) in [5, 5.41) is 14.5. The Morgan fingerprint density at radius 3 is 2.93 bits per heavy atom. The molecule has 2 aromatic heterocycles. The molecule has 9 nitrogen and oxygen atoms in total. The molecule has 3 aromatic rings. The number of methoxy groups -OCH3 is 1. The molecule has 0 aliphatic carbocycles. The highest BCUT2D eigenvalue weighted by molar-refractivity contribution is 6.04. The van der Waals surface area contributed by atoms with Crippen LogP contribution < -0.4 is 10.6 Å².